The molecule has 0 spiro atoms. The molecule has 0 unspecified atom stereocenters. The van der Waals surface area contributed by atoms with Gasteiger partial charge < -0.3 is 10.1 Å². The Morgan fingerprint density at radius 2 is 1.96 bits per heavy atom. The predicted octanol–water partition coefficient (Wildman–Crippen LogP) is 4.07. The molecule has 0 bridgehead atoms. The first-order chi connectivity index (χ1) is 11.0. The first kappa shape index (κ1) is 17.6. The minimum atomic E-state index is -0.137. The number of nitrogens with zero attached hydrogens (tertiary/aromatic N) is 1. The van der Waals surface area contributed by atoms with Crippen LogP contribution in [-0.2, 0) is 11.3 Å². The van der Waals surface area contributed by atoms with Gasteiger partial charge in [-0.3, -0.25) is 9.69 Å². The van der Waals surface area contributed by atoms with Crippen LogP contribution in [0, 0.1) is 0 Å². The lowest BCUT2D eigenvalue weighted by Gasteiger charge is -2.18. The van der Waals surface area contributed by atoms with Gasteiger partial charge in [-0.05, 0) is 37.4 Å². The number of carbonyl (C=O) groups is 1. The van der Waals surface area contributed by atoms with Gasteiger partial charge in [0.15, 0.2) is 0 Å². The molecule has 23 heavy (non-hydrogen) atoms. The minimum absolute atomic E-state index is 0.137. The summed E-state index contributed by atoms with van der Waals surface area (Å²) in [6.07, 6.45) is 0. The molecule has 0 fully saturated rings. The molecule has 2 aromatic carbocycles. The van der Waals surface area contributed by atoms with Crippen molar-refractivity contribution in [2.24, 2.45) is 0 Å². The van der Waals surface area contributed by atoms with Crippen molar-refractivity contribution < 1.29 is 9.53 Å². The quantitative estimate of drug-likeness (QED) is 0.851. The van der Waals surface area contributed by atoms with Crippen LogP contribution in [0.5, 0.6) is 5.75 Å². The van der Waals surface area contributed by atoms with Gasteiger partial charge in [0.25, 0.3) is 0 Å². The Bertz CT molecular complexity index is 692. The maximum Gasteiger partial charge on any atom is 0.238 e. The average Bonchev–Trinajstić information content (AvgIpc) is 2.49. The van der Waals surface area contributed by atoms with Crippen molar-refractivity contribution in [2.75, 3.05) is 26.0 Å². The summed E-state index contributed by atoms with van der Waals surface area (Å²) in [7, 11) is 3.46. The Kier molecular flexibility index (Phi) is 6.28. The molecule has 0 aliphatic carbocycles. The van der Waals surface area contributed by atoms with E-state index in [1.807, 2.05) is 36.2 Å². The monoisotopic (exact) mass is 352 g/mol. The molecular formula is C17H18Cl2N2O2. The van der Waals surface area contributed by atoms with Gasteiger partial charge in [-0.15, -0.1) is 0 Å². The lowest BCUT2D eigenvalue weighted by Crippen LogP contribution is -2.30. The van der Waals surface area contributed by atoms with Crippen LogP contribution in [0.4, 0.5) is 5.69 Å². The number of ether oxygens (including phenoxy) is 1. The van der Waals surface area contributed by atoms with Gasteiger partial charge in [-0.2, -0.15) is 0 Å². The number of halogens is 2. The van der Waals surface area contributed by atoms with Gasteiger partial charge in [0, 0.05) is 17.1 Å². The summed E-state index contributed by atoms with van der Waals surface area (Å²) in [5.74, 6) is 0.606. The number of nitrogens with one attached hydrogen (secondary N) is 1. The van der Waals surface area contributed by atoms with E-state index in [9.17, 15) is 4.79 Å². The van der Waals surface area contributed by atoms with E-state index in [0.29, 0.717) is 22.3 Å². The van der Waals surface area contributed by atoms with E-state index in [2.05, 4.69) is 5.32 Å². The molecule has 0 heterocycles. The second-order valence-corrected chi connectivity index (χ2v) is 6.00. The summed E-state index contributed by atoms with van der Waals surface area (Å²) in [4.78, 5) is 14.0. The molecule has 2 rings (SSSR count). The van der Waals surface area contributed by atoms with Gasteiger partial charge in [-0.25, -0.2) is 0 Å². The van der Waals surface area contributed by atoms with Gasteiger partial charge in [0.05, 0.1) is 24.4 Å². The molecule has 0 radical (unpaired) electrons. The summed E-state index contributed by atoms with van der Waals surface area (Å²) in [5, 5.41) is 3.94. The second-order valence-electron chi connectivity index (χ2n) is 5.16. The number of anilines is 1. The topological polar surface area (TPSA) is 41.6 Å². The smallest absolute Gasteiger partial charge is 0.238 e. The Labute approximate surface area is 146 Å². The van der Waals surface area contributed by atoms with E-state index in [4.69, 9.17) is 27.9 Å². The summed E-state index contributed by atoms with van der Waals surface area (Å²) < 4.78 is 5.31. The van der Waals surface area contributed by atoms with Crippen LogP contribution in [0.25, 0.3) is 0 Å². The van der Waals surface area contributed by atoms with Crippen LogP contribution in [0.2, 0.25) is 10.0 Å². The van der Waals surface area contributed by atoms with Gasteiger partial charge in [0.2, 0.25) is 5.91 Å². The van der Waals surface area contributed by atoms with Crippen LogP contribution < -0.4 is 10.1 Å². The van der Waals surface area contributed by atoms with Crippen molar-refractivity contribution in [3.63, 3.8) is 0 Å². The Morgan fingerprint density at radius 3 is 2.65 bits per heavy atom. The van der Waals surface area contributed by atoms with E-state index in [0.717, 1.165) is 11.3 Å². The highest BCUT2D eigenvalue weighted by atomic mass is 35.5. The number of amides is 1. The zero-order valence-electron chi connectivity index (χ0n) is 13.0. The molecule has 122 valence electrons. The second kappa shape index (κ2) is 8.20. The summed E-state index contributed by atoms with van der Waals surface area (Å²) in [6, 6.07) is 12.6. The maximum absolute atomic E-state index is 12.1. The fraction of sp³-hybridized carbons (Fsp3) is 0.235. The van der Waals surface area contributed by atoms with E-state index < -0.39 is 0 Å². The molecule has 0 saturated carbocycles. The molecule has 0 aromatic heterocycles. The number of hydrogen-bond acceptors (Lipinski definition) is 3. The van der Waals surface area contributed by atoms with Crippen LogP contribution in [-0.4, -0.2) is 31.5 Å². The van der Waals surface area contributed by atoms with E-state index in [-0.39, 0.29) is 12.5 Å². The lowest BCUT2D eigenvalue weighted by molar-refractivity contribution is -0.117. The molecule has 1 amide bonds. The molecule has 6 heteroatoms. The van der Waals surface area contributed by atoms with Crippen LogP contribution >= 0.6 is 23.2 Å². The van der Waals surface area contributed by atoms with Crippen LogP contribution in [0.15, 0.2) is 42.5 Å². The molecule has 0 aliphatic heterocycles. The first-order valence-corrected chi connectivity index (χ1v) is 7.80. The molecule has 0 saturated heterocycles. The number of carbonyl (C=O) groups excluding carboxylic acids is 1. The van der Waals surface area contributed by atoms with Crippen LogP contribution in [0.1, 0.15) is 5.56 Å². The number of hydrogen-bond donors (Lipinski definition) is 1. The zero-order valence-corrected chi connectivity index (χ0v) is 14.5. The molecule has 0 aliphatic rings. The molecular weight excluding hydrogens is 335 g/mol. The minimum Gasteiger partial charge on any atom is -0.496 e. The summed E-state index contributed by atoms with van der Waals surface area (Å²) >= 11 is 12.1. The number of benzene rings is 2. The van der Waals surface area contributed by atoms with E-state index in [1.165, 1.54) is 0 Å². The number of methoxy groups -OCH3 is 1. The molecule has 1 N–H and O–H groups in total. The van der Waals surface area contributed by atoms with Gasteiger partial charge >= 0.3 is 0 Å². The average molecular weight is 353 g/mol. The summed E-state index contributed by atoms with van der Waals surface area (Å²) in [6.45, 7) is 0.764. The third-order valence-corrected chi connectivity index (χ3v) is 3.81. The van der Waals surface area contributed by atoms with Crippen LogP contribution in [0.3, 0.4) is 0 Å². The summed E-state index contributed by atoms with van der Waals surface area (Å²) in [5.41, 5.74) is 1.53. The predicted molar refractivity (Wildman–Crippen MR) is 94.4 cm³/mol. The SMILES string of the molecule is COc1ccc(Cl)cc1CN(C)CC(=O)Nc1ccccc1Cl. The standard InChI is InChI=1S/C17H18Cl2N2O2/c1-21(10-12-9-13(18)7-8-16(12)23-2)11-17(22)20-15-6-4-3-5-14(15)19/h3-9H,10-11H2,1-2H3,(H,20,22). The number of rotatable bonds is 6. The first-order valence-electron chi connectivity index (χ1n) is 7.05. The fourth-order valence-electron chi connectivity index (χ4n) is 2.21. The normalized spacial score (nSPS) is 10.7. The van der Waals surface area contributed by atoms with Gasteiger partial charge in [0.1, 0.15) is 5.75 Å². The largest absolute Gasteiger partial charge is 0.496 e. The maximum atomic E-state index is 12.1. The van der Waals surface area contributed by atoms with Gasteiger partial charge in [-0.1, -0.05) is 35.3 Å². The Morgan fingerprint density at radius 1 is 1.22 bits per heavy atom. The Balaban J connectivity index is 1.97. The zero-order chi connectivity index (χ0) is 16.8. The van der Waals surface area contributed by atoms with Crippen molar-refractivity contribution in [3.8, 4) is 5.75 Å². The van der Waals surface area contributed by atoms with Crippen molar-refractivity contribution in [1.82, 2.24) is 4.90 Å². The van der Waals surface area contributed by atoms with Crippen molar-refractivity contribution in [1.29, 1.82) is 0 Å². The number of para-hydroxylation sites is 1. The highest BCUT2D eigenvalue weighted by Crippen LogP contribution is 2.24. The van der Waals surface area contributed by atoms with Crippen molar-refractivity contribution in [3.05, 3.63) is 58.1 Å². The highest BCUT2D eigenvalue weighted by molar-refractivity contribution is 6.33. The molecule has 4 nitrogen and oxygen atoms in total. The van der Waals surface area contributed by atoms with E-state index in [1.54, 1.807) is 25.3 Å². The third-order valence-electron chi connectivity index (χ3n) is 3.24. The van der Waals surface area contributed by atoms with Crippen molar-refractivity contribution >= 4 is 34.8 Å². The molecule has 0 atom stereocenters. The third kappa shape index (κ3) is 5.13. The molecule has 2 aromatic rings. The Hall–Kier alpha value is -1.75. The number of likely N-dealkylation sites (N-methyl/N-ethyl adjacent to an activating group) is 1. The van der Waals surface area contributed by atoms with Crippen molar-refractivity contribution in [2.45, 2.75) is 6.54 Å². The highest BCUT2D eigenvalue weighted by Gasteiger charge is 2.12. The lowest BCUT2D eigenvalue weighted by atomic mass is 10.2. The fourth-order valence-corrected chi connectivity index (χ4v) is 2.59. The van der Waals surface area contributed by atoms with E-state index >= 15 is 0 Å².